The third-order valence-corrected chi connectivity index (χ3v) is 5.21. The van der Waals surface area contributed by atoms with E-state index in [-0.39, 0.29) is 0 Å². The molecular weight excluding hydrogens is 402 g/mol. The van der Waals surface area contributed by atoms with E-state index in [1.165, 1.54) is 0 Å². The van der Waals surface area contributed by atoms with Gasteiger partial charge in [-0.25, -0.2) is 9.97 Å². The molecule has 30 heavy (non-hydrogen) atoms. The van der Waals surface area contributed by atoms with Crippen molar-refractivity contribution in [2.75, 3.05) is 55.9 Å². The maximum atomic E-state index is 6.27. The van der Waals surface area contributed by atoms with Crippen LogP contribution in [-0.4, -0.2) is 60.2 Å². The minimum Gasteiger partial charge on any atom is -0.497 e. The number of piperazine rings is 1. The second kappa shape index (κ2) is 9.15. The van der Waals surface area contributed by atoms with Gasteiger partial charge in [-0.05, 0) is 31.3 Å². The third kappa shape index (κ3) is 4.90. The van der Waals surface area contributed by atoms with Gasteiger partial charge in [0.25, 0.3) is 0 Å². The molecule has 3 aromatic rings. The number of likely N-dealkylation sites (N-methyl/N-ethyl adjacent to an activating group) is 1. The van der Waals surface area contributed by atoms with Crippen molar-refractivity contribution in [1.82, 2.24) is 19.9 Å². The van der Waals surface area contributed by atoms with Gasteiger partial charge in [-0.3, -0.25) is 0 Å². The SMILES string of the molecule is COc1cccc(Nc2nc(Nc3ccc(N4CCN(C)CC4)cn3)ncc2Cl)c1. The first-order valence-electron chi connectivity index (χ1n) is 9.71. The number of hydrogen-bond acceptors (Lipinski definition) is 8. The Balaban J connectivity index is 1.45. The highest BCUT2D eigenvalue weighted by Crippen LogP contribution is 2.26. The summed E-state index contributed by atoms with van der Waals surface area (Å²) in [5.41, 5.74) is 1.93. The van der Waals surface area contributed by atoms with E-state index in [1.807, 2.05) is 36.5 Å². The van der Waals surface area contributed by atoms with E-state index in [2.05, 4.69) is 48.5 Å². The first kappa shape index (κ1) is 20.2. The van der Waals surface area contributed by atoms with Crippen LogP contribution in [0.1, 0.15) is 0 Å². The van der Waals surface area contributed by atoms with E-state index in [0.717, 1.165) is 43.3 Å². The first-order chi connectivity index (χ1) is 14.6. The fraction of sp³-hybridized carbons (Fsp3) is 0.286. The normalized spacial score (nSPS) is 14.4. The molecule has 0 saturated carbocycles. The zero-order valence-corrected chi connectivity index (χ0v) is 17.7. The molecule has 1 aliphatic heterocycles. The number of pyridine rings is 1. The summed E-state index contributed by atoms with van der Waals surface area (Å²) in [7, 11) is 3.77. The second-order valence-corrected chi connectivity index (χ2v) is 7.47. The molecule has 0 spiro atoms. The minimum absolute atomic E-state index is 0.407. The molecule has 2 aromatic heterocycles. The van der Waals surface area contributed by atoms with E-state index in [0.29, 0.717) is 22.6 Å². The summed E-state index contributed by atoms with van der Waals surface area (Å²) in [4.78, 5) is 17.9. The van der Waals surface area contributed by atoms with E-state index in [1.54, 1.807) is 13.3 Å². The predicted octanol–water partition coefficient (Wildman–Crippen LogP) is 3.77. The van der Waals surface area contributed by atoms with Crippen LogP contribution in [0.2, 0.25) is 5.02 Å². The number of nitrogens with zero attached hydrogens (tertiary/aromatic N) is 5. The van der Waals surface area contributed by atoms with Crippen LogP contribution in [0.25, 0.3) is 0 Å². The van der Waals surface area contributed by atoms with Gasteiger partial charge in [0, 0.05) is 37.9 Å². The van der Waals surface area contributed by atoms with Gasteiger partial charge in [-0.1, -0.05) is 17.7 Å². The average molecular weight is 426 g/mol. The number of aromatic nitrogens is 3. The van der Waals surface area contributed by atoms with Gasteiger partial charge >= 0.3 is 0 Å². The van der Waals surface area contributed by atoms with Crippen molar-refractivity contribution >= 4 is 40.6 Å². The lowest BCUT2D eigenvalue weighted by Crippen LogP contribution is -2.44. The van der Waals surface area contributed by atoms with Crippen LogP contribution < -0.4 is 20.3 Å². The standard InChI is InChI=1S/C21H24ClN7O/c1-28-8-10-29(11-9-28)16-6-7-19(23-13-16)26-21-24-14-18(22)20(27-21)25-15-4-3-5-17(12-15)30-2/h3-7,12-14H,8-11H2,1-2H3,(H2,23,24,25,26,27). The largest absolute Gasteiger partial charge is 0.497 e. The van der Waals surface area contributed by atoms with Gasteiger partial charge in [0.05, 0.1) is 25.2 Å². The molecule has 4 rings (SSSR count). The average Bonchev–Trinajstić information content (AvgIpc) is 2.77. The van der Waals surface area contributed by atoms with Crippen LogP contribution in [0.5, 0.6) is 5.75 Å². The van der Waals surface area contributed by atoms with E-state index in [4.69, 9.17) is 16.3 Å². The lowest BCUT2D eigenvalue weighted by atomic mass is 10.3. The van der Waals surface area contributed by atoms with Crippen molar-refractivity contribution in [3.63, 3.8) is 0 Å². The quantitative estimate of drug-likeness (QED) is 0.617. The summed E-state index contributed by atoms with van der Waals surface area (Å²) in [5.74, 6) is 2.32. The third-order valence-electron chi connectivity index (χ3n) is 4.93. The molecular formula is C21H24ClN7O. The van der Waals surface area contributed by atoms with Gasteiger partial charge in [0.1, 0.15) is 16.6 Å². The molecule has 8 nitrogen and oxygen atoms in total. The molecule has 3 heterocycles. The Labute approximate surface area is 180 Å². The summed E-state index contributed by atoms with van der Waals surface area (Å²) in [6.07, 6.45) is 3.43. The molecule has 1 aromatic carbocycles. The predicted molar refractivity (Wildman–Crippen MR) is 121 cm³/mol. The lowest BCUT2D eigenvalue weighted by molar-refractivity contribution is 0.313. The number of rotatable bonds is 6. The molecule has 0 aliphatic carbocycles. The van der Waals surface area contributed by atoms with E-state index >= 15 is 0 Å². The molecule has 1 aliphatic rings. The van der Waals surface area contributed by atoms with Crippen LogP contribution in [-0.2, 0) is 0 Å². The van der Waals surface area contributed by atoms with E-state index in [9.17, 15) is 0 Å². The van der Waals surface area contributed by atoms with Crippen molar-refractivity contribution in [1.29, 1.82) is 0 Å². The van der Waals surface area contributed by atoms with Crippen molar-refractivity contribution < 1.29 is 4.74 Å². The van der Waals surface area contributed by atoms with Gasteiger partial charge in [0.15, 0.2) is 5.82 Å². The molecule has 0 atom stereocenters. The van der Waals surface area contributed by atoms with Crippen molar-refractivity contribution in [2.24, 2.45) is 0 Å². The number of methoxy groups -OCH3 is 1. The van der Waals surface area contributed by atoms with Gasteiger partial charge < -0.3 is 25.2 Å². The molecule has 2 N–H and O–H groups in total. The maximum Gasteiger partial charge on any atom is 0.230 e. The Morgan fingerprint density at radius 1 is 1.00 bits per heavy atom. The molecule has 0 radical (unpaired) electrons. The molecule has 0 amide bonds. The summed E-state index contributed by atoms with van der Waals surface area (Å²) < 4.78 is 5.25. The van der Waals surface area contributed by atoms with Crippen molar-refractivity contribution in [3.05, 3.63) is 53.8 Å². The van der Waals surface area contributed by atoms with Gasteiger partial charge in [0.2, 0.25) is 5.95 Å². The lowest BCUT2D eigenvalue weighted by Gasteiger charge is -2.33. The zero-order chi connectivity index (χ0) is 20.9. The Kier molecular flexibility index (Phi) is 6.15. The summed E-state index contributed by atoms with van der Waals surface area (Å²) in [6.45, 7) is 4.12. The topological polar surface area (TPSA) is 78.4 Å². The van der Waals surface area contributed by atoms with Crippen LogP contribution >= 0.6 is 11.6 Å². The molecule has 0 bridgehead atoms. The Morgan fingerprint density at radius 3 is 2.57 bits per heavy atom. The first-order valence-corrected chi connectivity index (χ1v) is 10.1. The summed E-state index contributed by atoms with van der Waals surface area (Å²) in [6, 6.07) is 11.5. The molecule has 1 saturated heterocycles. The molecule has 0 unspecified atom stereocenters. The van der Waals surface area contributed by atoms with E-state index < -0.39 is 0 Å². The van der Waals surface area contributed by atoms with Crippen LogP contribution in [0.4, 0.5) is 29.0 Å². The molecule has 9 heteroatoms. The number of anilines is 5. The number of hydrogen-bond donors (Lipinski definition) is 2. The van der Waals surface area contributed by atoms with Gasteiger partial charge in [-0.15, -0.1) is 0 Å². The monoisotopic (exact) mass is 425 g/mol. The highest BCUT2D eigenvalue weighted by atomic mass is 35.5. The van der Waals surface area contributed by atoms with Crippen LogP contribution in [0, 0.1) is 0 Å². The maximum absolute atomic E-state index is 6.27. The zero-order valence-electron chi connectivity index (χ0n) is 17.0. The van der Waals surface area contributed by atoms with Crippen molar-refractivity contribution in [3.8, 4) is 5.75 Å². The summed E-state index contributed by atoms with van der Waals surface area (Å²) in [5, 5.41) is 6.75. The number of halogens is 1. The Hall–Kier alpha value is -3.10. The molecule has 1 fully saturated rings. The van der Waals surface area contributed by atoms with Gasteiger partial charge in [-0.2, -0.15) is 4.98 Å². The minimum atomic E-state index is 0.407. The fourth-order valence-electron chi connectivity index (χ4n) is 3.18. The van der Waals surface area contributed by atoms with Crippen molar-refractivity contribution in [2.45, 2.75) is 0 Å². The fourth-order valence-corrected chi connectivity index (χ4v) is 3.32. The smallest absolute Gasteiger partial charge is 0.230 e. The number of ether oxygens (including phenoxy) is 1. The van der Waals surface area contributed by atoms with Crippen LogP contribution in [0.15, 0.2) is 48.8 Å². The Morgan fingerprint density at radius 2 is 1.83 bits per heavy atom. The Bertz CT molecular complexity index is 991. The number of nitrogens with one attached hydrogen (secondary N) is 2. The molecule has 156 valence electrons. The highest BCUT2D eigenvalue weighted by Gasteiger charge is 2.14. The van der Waals surface area contributed by atoms with Crippen LogP contribution in [0.3, 0.4) is 0 Å². The number of benzene rings is 1. The second-order valence-electron chi connectivity index (χ2n) is 7.06. The summed E-state index contributed by atoms with van der Waals surface area (Å²) >= 11 is 6.27. The highest BCUT2D eigenvalue weighted by molar-refractivity contribution is 6.32.